The largest absolute Gasteiger partial charge is 0.378 e. The van der Waals surface area contributed by atoms with Gasteiger partial charge in [-0.1, -0.05) is 11.6 Å². The number of nitrogens with zero attached hydrogens (tertiary/aromatic N) is 2. The summed E-state index contributed by atoms with van der Waals surface area (Å²) in [4.78, 5) is 29.7. The molecule has 0 bridgehead atoms. The molecule has 0 radical (unpaired) electrons. The van der Waals surface area contributed by atoms with E-state index >= 15 is 0 Å². The number of halogens is 1. The van der Waals surface area contributed by atoms with Crippen LogP contribution in [0.4, 0.5) is 0 Å². The maximum Gasteiger partial charge on any atom is 0.255 e. The minimum absolute atomic E-state index is 0.123. The van der Waals surface area contributed by atoms with Gasteiger partial charge in [0.15, 0.2) is 0 Å². The Kier molecular flexibility index (Phi) is 4.92. The van der Waals surface area contributed by atoms with Gasteiger partial charge in [0.1, 0.15) is 6.04 Å². The van der Waals surface area contributed by atoms with E-state index < -0.39 is 11.9 Å². The Balaban J connectivity index is 1.97. The molecule has 0 saturated carbocycles. The highest BCUT2D eigenvalue weighted by molar-refractivity contribution is 6.33. The number of morpholine rings is 1. The van der Waals surface area contributed by atoms with E-state index in [4.69, 9.17) is 16.3 Å². The average molecular weight is 298 g/mol. The summed E-state index contributed by atoms with van der Waals surface area (Å²) in [6.45, 7) is 3.81. The Bertz CT molecular complexity index is 503. The summed E-state index contributed by atoms with van der Waals surface area (Å²) in [7, 11) is 0. The Morgan fingerprint density at radius 2 is 2.15 bits per heavy atom. The first-order valence-corrected chi connectivity index (χ1v) is 6.74. The van der Waals surface area contributed by atoms with Crippen molar-refractivity contribution in [2.45, 2.75) is 13.0 Å². The van der Waals surface area contributed by atoms with Gasteiger partial charge >= 0.3 is 0 Å². The van der Waals surface area contributed by atoms with Gasteiger partial charge in [0.05, 0.1) is 23.8 Å². The van der Waals surface area contributed by atoms with Crippen molar-refractivity contribution >= 4 is 23.4 Å². The first-order valence-electron chi connectivity index (χ1n) is 6.36. The third-order valence-corrected chi connectivity index (χ3v) is 3.38. The molecule has 1 N–H and O–H groups in total. The molecule has 1 aromatic heterocycles. The van der Waals surface area contributed by atoms with Crippen LogP contribution in [-0.4, -0.2) is 54.0 Å². The SMILES string of the molecule is CC(NC(=O)c1cnccc1Cl)C(=O)N1CCOCC1. The van der Waals surface area contributed by atoms with Gasteiger partial charge in [-0.2, -0.15) is 0 Å². The summed E-state index contributed by atoms with van der Waals surface area (Å²) >= 11 is 5.92. The van der Waals surface area contributed by atoms with Crippen LogP contribution in [0.1, 0.15) is 17.3 Å². The third kappa shape index (κ3) is 3.46. The van der Waals surface area contributed by atoms with Crippen LogP contribution in [0, 0.1) is 0 Å². The number of pyridine rings is 1. The molecule has 1 aliphatic rings. The average Bonchev–Trinajstić information content (AvgIpc) is 2.47. The minimum Gasteiger partial charge on any atom is -0.378 e. The van der Waals surface area contributed by atoms with Crippen LogP contribution in [0.3, 0.4) is 0 Å². The number of hydrogen-bond donors (Lipinski definition) is 1. The van der Waals surface area contributed by atoms with E-state index in [0.29, 0.717) is 31.3 Å². The van der Waals surface area contributed by atoms with Crippen molar-refractivity contribution in [2.24, 2.45) is 0 Å². The van der Waals surface area contributed by atoms with Crippen molar-refractivity contribution in [3.05, 3.63) is 29.0 Å². The zero-order valence-corrected chi connectivity index (χ0v) is 11.9. The van der Waals surface area contributed by atoms with Crippen molar-refractivity contribution in [1.82, 2.24) is 15.2 Å². The lowest BCUT2D eigenvalue weighted by atomic mass is 10.2. The molecule has 0 aromatic carbocycles. The maximum absolute atomic E-state index is 12.2. The van der Waals surface area contributed by atoms with Gasteiger partial charge in [-0.25, -0.2) is 0 Å². The van der Waals surface area contributed by atoms with Crippen molar-refractivity contribution in [3.63, 3.8) is 0 Å². The topological polar surface area (TPSA) is 71.5 Å². The van der Waals surface area contributed by atoms with Gasteiger partial charge in [0, 0.05) is 25.5 Å². The molecular weight excluding hydrogens is 282 g/mol. The number of aromatic nitrogens is 1. The van der Waals surface area contributed by atoms with E-state index in [-0.39, 0.29) is 11.5 Å². The van der Waals surface area contributed by atoms with Gasteiger partial charge in [-0.15, -0.1) is 0 Å². The number of amides is 2. The quantitative estimate of drug-likeness (QED) is 0.892. The number of nitrogens with one attached hydrogen (secondary N) is 1. The second kappa shape index (κ2) is 6.67. The summed E-state index contributed by atoms with van der Waals surface area (Å²) < 4.78 is 5.19. The summed E-state index contributed by atoms with van der Waals surface area (Å²) in [5.41, 5.74) is 0.260. The fraction of sp³-hybridized carbons (Fsp3) is 0.462. The second-order valence-corrected chi connectivity index (χ2v) is 4.90. The standard InChI is InChI=1S/C13H16ClN3O3/c1-9(13(19)17-4-6-20-7-5-17)16-12(18)10-8-15-3-2-11(10)14/h2-3,8-9H,4-7H2,1H3,(H,16,18). The van der Waals surface area contributed by atoms with Crippen LogP contribution in [0.15, 0.2) is 18.5 Å². The molecule has 108 valence electrons. The van der Waals surface area contributed by atoms with Gasteiger partial charge in [0.2, 0.25) is 5.91 Å². The number of carbonyl (C=O) groups is 2. The minimum atomic E-state index is -0.614. The second-order valence-electron chi connectivity index (χ2n) is 4.49. The molecule has 0 aliphatic carbocycles. The lowest BCUT2D eigenvalue weighted by molar-refractivity contribution is -0.136. The van der Waals surface area contributed by atoms with Crippen LogP contribution in [0.25, 0.3) is 0 Å². The first kappa shape index (κ1) is 14.7. The molecule has 1 saturated heterocycles. The van der Waals surface area contributed by atoms with Crippen LogP contribution in [0.2, 0.25) is 5.02 Å². The fourth-order valence-corrected chi connectivity index (χ4v) is 2.13. The molecule has 2 amide bonds. The van der Waals surface area contributed by atoms with Crippen molar-refractivity contribution in [3.8, 4) is 0 Å². The number of ether oxygens (including phenoxy) is 1. The highest BCUT2D eigenvalue weighted by Crippen LogP contribution is 2.13. The molecule has 1 fully saturated rings. The molecule has 1 aliphatic heterocycles. The maximum atomic E-state index is 12.2. The van der Waals surface area contributed by atoms with Gasteiger partial charge in [-0.05, 0) is 13.0 Å². The smallest absolute Gasteiger partial charge is 0.255 e. The van der Waals surface area contributed by atoms with Gasteiger partial charge in [0.25, 0.3) is 5.91 Å². The van der Waals surface area contributed by atoms with E-state index in [2.05, 4.69) is 10.3 Å². The van der Waals surface area contributed by atoms with Crippen molar-refractivity contribution in [1.29, 1.82) is 0 Å². The summed E-state index contributed by atoms with van der Waals surface area (Å²) in [6.07, 6.45) is 2.88. The van der Waals surface area contributed by atoms with E-state index in [1.54, 1.807) is 11.8 Å². The van der Waals surface area contributed by atoms with Gasteiger partial charge < -0.3 is 15.0 Å². The molecule has 1 unspecified atom stereocenters. The molecule has 6 nitrogen and oxygen atoms in total. The number of hydrogen-bond acceptors (Lipinski definition) is 4. The van der Waals surface area contributed by atoms with Crippen molar-refractivity contribution < 1.29 is 14.3 Å². The Hall–Kier alpha value is -1.66. The summed E-state index contributed by atoms with van der Waals surface area (Å²) in [5, 5.41) is 2.95. The Morgan fingerprint density at radius 3 is 2.80 bits per heavy atom. The van der Waals surface area contributed by atoms with Crippen LogP contribution >= 0.6 is 11.6 Å². The highest BCUT2D eigenvalue weighted by atomic mass is 35.5. The predicted octanol–water partition coefficient (Wildman–Crippen LogP) is 0.712. The fourth-order valence-electron chi connectivity index (χ4n) is 1.94. The van der Waals surface area contributed by atoms with E-state index in [0.717, 1.165) is 0 Å². The number of rotatable bonds is 3. The number of carbonyl (C=O) groups excluding carboxylic acids is 2. The van der Waals surface area contributed by atoms with Gasteiger partial charge in [-0.3, -0.25) is 14.6 Å². The van der Waals surface area contributed by atoms with Crippen molar-refractivity contribution in [2.75, 3.05) is 26.3 Å². The third-order valence-electron chi connectivity index (χ3n) is 3.05. The zero-order valence-electron chi connectivity index (χ0n) is 11.1. The molecule has 7 heteroatoms. The molecule has 1 atom stereocenters. The monoisotopic (exact) mass is 297 g/mol. The summed E-state index contributed by atoms with van der Waals surface area (Å²) in [5.74, 6) is -0.529. The van der Waals surface area contributed by atoms with E-state index in [1.807, 2.05) is 0 Å². The Labute approximate surface area is 122 Å². The van der Waals surface area contributed by atoms with E-state index in [1.165, 1.54) is 18.5 Å². The molecule has 0 spiro atoms. The molecule has 2 rings (SSSR count). The lowest BCUT2D eigenvalue weighted by Gasteiger charge is -2.29. The van der Waals surface area contributed by atoms with Crippen LogP contribution in [0.5, 0.6) is 0 Å². The van der Waals surface area contributed by atoms with E-state index in [9.17, 15) is 9.59 Å². The first-order chi connectivity index (χ1) is 9.59. The van der Waals surface area contributed by atoms with Crippen LogP contribution in [-0.2, 0) is 9.53 Å². The Morgan fingerprint density at radius 1 is 1.45 bits per heavy atom. The summed E-state index contributed by atoms with van der Waals surface area (Å²) in [6, 6.07) is 0.919. The lowest BCUT2D eigenvalue weighted by Crippen LogP contribution is -2.50. The zero-order chi connectivity index (χ0) is 14.5. The molecule has 20 heavy (non-hydrogen) atoms. The highest BCUT2D eigenvalue weighted by Gasteiger charge is 2.24. The molecular formula is C13H16ClN3O3. The van der Waals surface area contributed by atoms with Crippen LogP contribution < -0.4 is 5.32 Å². The predicted molar refractivity (Wildman–Crippen MR) is 73.6 cm³/mol. The molecule has 2 heterocycles. The normalized spacial score (nSPS) is 16.6. The molecule has 1 aromatic rings.